The molecule has 3 aromatic rings. The predicted octanol–water partition coefficient (Wildman–Crippen LogP) is 6.96. The fraction of sp³-hybridized carbons (Fsp3) is 0.550. The van der Waals surface area contributed by atoms with Crippen molar-refractivity contribution in [2.75, 3.05) is 72.0 Å². The highest BCUT2D eigenvalue weighted by atomic mass is 31.2. The molecule has 60 heavy (non-hydrogen) atoms. The number of hydrogen-bond acceptors (Lipinski definition) is 14. The Kier molecular flexibility index (Phi) is 13.5. The van der Waals surface area contributed by atoms with Crippen LogP contribution in [0.1, 0.15) is 68.4 Å². The topological polar surface area (TPSA) is 190 Å². The Labute approximate surface area is 347 Å². The summed E-state index contributed by atoms with van der Waals surface area (Å²) in [5.41, 5.74) is -0.458. The first kappa shape index (κ1) is 45.2. The molecule has 1 saturated carbocycles. The zero-order valence-electron chi connectivity index (χ0n) is 35.1. The van der Waals surface area contributed by atoms with Crippen molar-refractivity contribution in [3.63, 3.8) is 0 Å². The molecular weight excluding hydrogens is 825 g/mol. The van der Waals surface area contributed by atoms with Crippen molar-refractivity contribution in [1.82, 2.24) is 9.47 Å². The van der Waals surface area contributed by atoms with Crippen LogP contribution < -0.4 is 20.4 Å². The number of esters is 1. The van der Waals surface area contributed by atoms with Crippen molar-refractivity contribution in [3.05, 3.63) is 63.7 Å². The maximum atomic E-state index is 16.4. The molecule has 1 aliphatic carbocycles. The first-order valence-electron chi connectivity index (χ1n) is 19.6. The van der Waals surface area contributed by atoms with E-state index in [4.69, 9.17) is 32.3 Å². The minimum atomic E-state index is -3.94. The lowest BCUT2D eigenvalue weighted by molar-refractivity contribution is -0.119. The van der Waals surface area contributed by atoms with Gasteiger partial charge in [-0.1, -0.05) is 12.1 Å². The van der Waals surface area contributed by atoms with Crippen LogP contribution in [0.15, 0.2) is 41.3 Å². The number of nitrogens with zero attached hydrogens (tertiary/aromatic N) is 3. The molecule has 328 valence electrons. The zero-order chi connectivity index (χ0) is 43.7. The molecule has 0 spiro atoms. The second-order valence-electron chi connectivity index (χ2n) is 16.0. The summed E-state index contributed by atoms with van der Waals surface area (Å²) in [6.45, 7) is 6.03. The molecule has 2 amide bonds. The van der Waals surface area contributed by atoms with Gasteiger partial charge in [0.1, 0.15) is 16.9 Å². The van der Waals surface area contributed by atoms with Gasteiger partial charge in [-0.2, -0.15) is 0 Å². The Morgan fingerprint density at radius 3 is 2.13 bits per heavy atom. The van der Waals surface area contributed by atoms with E-state index in [0.29, 0.717) is 36.4 Å². The maximum absolute atomic E-state index is 16.4. The number of amides is 2. The van der Waals surface area contributed by atoms with Crippen LogP contribution in [-0.2, 0) is 47.9 Å². The fourth-order valence-corrected chi connectivity index (χ4v) is 12.7. The van der Waals surface area contributed by atoms with Crippen molar-refractivity contribution >= 4 is 55.4 Å². The summed E-state index contributed by atoms with van der Waals surface area (Å²) < 4.78 is 81.9. The first-order chi connectivity index (χ1) is 28.4. The summed E-state index contributed by atoms with van der Waals surface area (Å²) in [6, 6.07) is 7.05. The number of halogens is 1. The fourth-order valence-electron chi connectivity index (χ4n) is 8.00. The number of methoxy groups -OCH3 is 1. The second-order valence-corrected chi connectivity index (χ2v) is 21.3. The van der Waals surface area contributed by atoms with Crippen LogP contribution in [0.25, 0.3) is 10.9 Å². The lowest BCUT2D eigenvalue weighted by atomic mass is 9.92. The van der Waals surface area contributed by atoms with Crippen LogP contribution in [0, 0.1) is 11.7 Å². The molecule has 3 heterocycles. The smallest absolute Gasteiger partial charge is 0.410 e. The summed E-state index contributed by atoms with van der Waals surface area (Å²) in [5, 5.41) is 1.24. The van der Waals surface area contributed by atoms with Crippen LogP contribution in [-0.4, -0.2) is 106 Å². The molecule has 0 bridgehead atoms. The normalized spacial score (nSPS) is 18.4. The van der Waals surface area contributed by atoms with Crippen molar-refractivity contribution in [3.8, 4) is 5.75 Å². The molecule has 2 aliphatic heterocycles. The summed E-state index contributed by atoms with van der Waals surface area (Å²) in [6.07, 6.45) is 4.02. The predicted molar refractivity (Wildman–Crippen MR) is 221 cm³/mol. The monoisotopic (exact) mass is 878 g/mol. The molecule has 17 nitrogen and oxygen atoms in total. The number of pyridine rings is 1. The highest BCUT2D eigenvalue weighted by Crippen LogP contribution is 2.70. The minimum absolute atomic E-state index is 0.0704. The van der Waals surface area contributed by atoms with Crippen molar-refractivity contribution in [1.29, 1.82) is 0 Å². The third kappa shape index (κ3) is 9.29. The second kappa shape index (κ2) is 18.0. The highest BCUT2D eigenvalue weighted by molar-refractivity contribution is 7.72. The Morgan fingerprint density at radius 2 is 1.57 bits per heavy atom. The highest BCUT2D eigenvalue weighted by Gasteiger charge is 2.49. The van der Waals surface area contributed by atoms with Crippen molar-refractivity contribution in [2.24, 2.45) is 5.92 Å². The molecule has 3 aliphatic rings. The lowest BCUT2D eigenvalue weighted by Crippen LogP contribution is -2.50. The van der Waals surface area contributed by atoms with E-state index in [0.717, 1.165) is 60.2 Å². The number of hydrogen-bond donors (Lipinski definition) is 1. The Hall–Kier alpha value is -4.31. The number of carbonyl (C=O) groups is 3. The molecule has 20 heteroatoms. The van der Waals surface area contributed by atoms with Crippen LogP contribution in [0.5, 0.6) is 5.75 Å². The van der Waals surface area contributed by atoms with Crippen molar-refractivity contribution < 1.29 is 60.2 Å². The summed E-state index contributed by atoms with van der Waals surface area (Å²) in [4.78, 5) is 57.0. The van der Waals surface area contributed by atoms with E-state index in [1.807, 2.05) is 25.7 Å². The van der Waals surface area contributed by atoms with Gasteiger partial charge in [0, 0.05) is 66.0 Å². The average Bonchev–Trinajstić information content (AvgIpc) is 3.98. The molecule has 3 fully saturated rings. The molecule has 0 radical (unpaired) electrons. The molecule has 2 aromatic carbocycles. The maximum Gasteiger partial charge on any atom is 0.410 e. The van der Waals surface area contributed by atoms with Crippen LogP contribution >= 0.6 is 15.2 Å². The number of ether oxygens (including phenoxy) is 3. The average molecular weight is 879 g/mol. The number of likely N-dealkylation sites (tertiary alicyclic amines) is 1. The van der Waals surface area contributed by atoms with E-state index in [2.05, 4.69) is 5.32 Å². The van der Waals surface area contributed by atoms with E-state index >= 15 is 4.39 Å². The standard InChI is InChI=1S/C40H53FN4O13P2/c1-40(2,3)58-39(49)44-17-9-10-25-20-43(22-31(25)44)35-30(41)19-28-34(37(35)52-4)45(27-15-16-27)21-29(36(28)47)38(48)57-23-32(46)42-26-13-11-24(12-14-26)18-33(59(50,53-5)54-6)60(51,55-7)56-8/h11-14,19,21,25,27,31,33H,9-10,15-18,20,22-23H2,1-8H3,(H,42,46)/t25-,31+/m0/s1. The number of piperidine rings is 1. The van der Waals surface area contributed by atoms with Crippen LogP contribution in [0.4, 0.5) is 20.6 Å². The van der Waals surface area contributed by atoms with Crippen LogP contribution in [0.3, 0.4) is 0 Å². The van der Waals surface area contributed by atoms with Gasteiger partial charge < -0.3 is 52.0 Å². The number of carbonyl (C=O) groups excluding carboxylic acids is 3. The Balaban J connectivity index is 1.18. The number of rotatable bonds is 15. The van der Waals surface area contributed by atoms with E-state index in [1.54, 1.807) is 21.6 Å². The summed E-state index contributed by atoms with van der Waals surface area (Å²) in [5.74, 6) is -2.28. The van der Waals surface area contributed by atoms with Crippen molar-refractivity contribution in [2.45, 2.75) is 76.0 Å². The van der Waals surface area contributed by atoms with Crippen LogP contribution in [0.2, 0.25) is 0 Å². The van der Waals surface area contributed by atoms with Gasteiger partial charge in [-0.05, 0) is 82.6 Å². The van der Waals surface area contributed by atoms with Gasteiger partial charge in [0.2, 0.25) is 5.43 Å². The Morgan fingerprint density at radius 1 is 0.933 bits per heavy atom. The quantitative estimate of drug-likeness (QED) is 0.122. The first-order valence-corrected chi connectivity index (χ1v) is 22.8. The number of benzene rings is 2. The summed E-state index contributed by atoms with van der Waals surface area (Å²) in [7, 11) is -1.81. The number of nitrogens with one attached hydrogen (secondary N) is 1. The number of fused-ring (bicyclic) bond motifs is 2. The van der Waals surface area contributed by atoms with Gasteiger partial charge in [-0.15, -0.1) is 0 Å². The number of anilines is 2. The van der Waals surface area contributed by atoms with E-state index in [9.17, 15) is 28.3 Å². The zero-order valence-corrected chi connectivity index (χ0v) is 36.8. The molecule has 6 rings (SSSR count). The number of aromatic nitrogens is 1. The molecule has 0 unspecified atom stereocenters. The molecule has 1 N–H and O–H groups in total. The SMILES string of the molecule is COc1c(N2C[C@@H]3CCCN(C(=O)OC(C)(C)C)[C@@H]3C2)c(F)cc2c(=O)c(C(=O)OCC(=O)Nc3ccc(CC(P(=O)(OC)OC)P(=O)(OC)OC)cc3)cn(C3CC3)c12. The molecule has 2 saturated heterocycles. The third-order valence-corrected chi connectivity index (χ3v) is 16.6. The largest absolute Gasteiger partial charge is 0.492 e. The third-order valence-electron chi connectivity index (χ3n) is 11.0. The van der Waals surface area contributed by atoms with Gasteiger partial charge >= 0.3 is 27.3 Å². The molecular formula is C40H53FN4O13P2. The minimum Gasteiger partial charge on any atom is -0.492 e. The van der Waals surface area contributed by atoms with E-state index < -0.39 is 62.0 Å². The summed E-state index contributed by atoms with van der Waals surface area (Å²) >= 11 is 0. The Bertz CT molecular complexity index is 2240. The van der Waals surface area contributed by atoms with Gasteiger partial charge in [0.05, 0.1) is 24.1 Å². The lowest BCUT2D eigenvalue weighted by Gasteiger charge is -2.37. The van der Waals surface area contributed by atoms with E-state index in [1.165, 1.54) is 25.4 Å². The van der Waals surface area contributed by atoms with Gasteiger partial charge in [-0.3, -0.25) is 18.7 Å². The van der Waals surface area contributed by atoms with Gasteiger partial charge in [0.25, 0.3) is 5.91 Å². The van der Waals surface area contributed by atoms with E-state index in [-0.39, 0.29) is 46.8 Å². The van der Waals surface area contributed by atoms with Gasteiger partial charge in [-0.25, -0.2) is 14.0 Å². The van der Waals surface area contributed by atoms with Gasteiger partial charge in [0.15, 0.2) is 23.6 Å². The molecule has 2 atom stereocenters. The molecule has 1 aromatic heterocycles.